The standard InChI is InChI=1S/C12H12Cl2F3NO3/c1-5(19)18-4-9(20)11(21)10-7(13)2-6(3-8(10)14)12(15,16)17/h2-3,9,11,20-21H,4H2,1H3,(H,18,19). The van der Waals surface area contributed by atoms with Crippen LogP contribution in [0, 0.1) is 0 Å². The number of amides is 1. The van der Waals surface area contributed by atoms with Crippen LogP contribution in [-0.4, -0.2) is 28.8 Å². The molecule has 1 rings (SSSR count). The van der Waals surface area contributed by atoms with Gasteiger partial charge in [-0.3, -0.25) is 4.79 Å². The number of halogens is 5. The van der Waals surface area contributed by atoms with E-state index in [9.17, 15) is 28.2 Å². The van der Waals surface area contributed by atoms with Crippen LogP contribution in [0.5, 0.6) is 0 Å². The Morgan fingerprint density at radius 1 is 1.29 bits per heavy atom. The molecular formula is C12H12Cl2F3NO3. The van der Waals surface area contributed by atoms with Crippen molar-refractivity contribution in [1.29, 1.82) is 0 Å². The number of alkyl halides is 3. The van der Waals surface area contributed by atoms with Crippen LogP contribution in [-0.2, 0) is 11.0 Å². The summed E-state index contributed by atoms with van der Waals surface area (Å²) in [6, 6.07) is 1.22. The molecule has 0 aliphatic carbocycles. The summed E-state index contributed by atoms with van der Waals surface area (Å²) in [5.74, 6) is -0.439. The Morgan fingerprint density at radius 3 is 2.14 bits per heavy atom. The predicted molar refractivity (Wildman–Crippen MR) is 71.1 cm³/mol. The Balaban J connectivity index is 3.05. The molecule has 0 saturated carbocycles. The highest BCUT2D eigenvalue weighted by Gasteiger charge is 2.33. The fourth-order valence-corrected chi connectivity index (χ4v) is 2.29. The summed E-state index contributed by atoms with van der Waals surface area (Å²) in [7, 11) is 0. The van der Waals surface area contributed by atoms with E-state index in [1.54, 1.807) is 0 Å². The van der Waals surface area contributed by atoms with E-state index >= 15 is 0 Å². The zero-order valence-corrected chi connectivity index (χ0v) is 12.2. The molecule has 0 radical (unpaired) electrons. The summed E-state index contributed by atoms with van der Waals surface area (Å²) >= 11 is 11.4. The molecule has 0 aromatic heterocycles. The number of hydrogen-bond acceptors (Lipinski definition) is 3. The van der Waals surface area contributed by atoms with Crippen LogP contribution in [0.4, 0.5) is 13.2 Å². The molecule has 2 unspecified atom stereocenters. The molecule has 0 spiro atoms. The summed E-state index contributed by atoms with van der Waals surface area (Å²) < 4.78 is 37.7. The maximum atomic E-state index is 12.6. The van der Waals surface area contributed by atoms with Crippen molar-refractivity contribution < 1.29 is 28.2 Å². The first-order valence-corrected chi connectivity index (χ1v) is 6.46. The number of nitrogens with one attached hydrogen (secondary N) is 1. The van der Waals surface area contributed by atoms with Gasteiger partial charge >= 0.3 is 6.18 Å². The van der Waals surface area contributed by atoms with Crippen LogP contribution in [0.3, 0.4) is 0 Å². The number of aliphatic hydroxyl groups is 2. The summed E-state index contributed by atoms with van der Waals surface area (Å²) in [6.07, 6.45) is -7.74. The van der Waals surface area contributed by atoms with E-state index in [0.29, 0.717) is 12.1 Å². The minimum Gasteiger partial charge on any atom is -0.388 e. The van der Waals surface area contributed by atoms with Gasteiger partial charge in [0, 0.05) is 29.1 Å². The minimum atomic E-state index is -4.63. The van der Waals surface area contributed by atoms with E-state index in [1.165, 1.54) is 6.92 Å². The third kappa shape index (κ3) is 4.74. The highest BCUT2D eigenvalue weighted by molar-refractivity contribution is 6.36. The molecule has 3 N–H and O–H groups in total. The van der Waals surface area contributed by atoms with Crippen molar-refractivity contribution in [3.8, 4) is 0 Å². The normalized spacial score (nSPS) is 14.7. The number of hydrogen-bond donors (Lipinski definition) is 3. The van der Waals surface area contributed by atoms with E-state index in [0.717, 1.165) is 0 Å². The molecular weight excluding hydrogens is 334 g/mol. The molecule has 0 aliphatic rings. The Morgan fingerprint density at radius 2 is 1.76 bits per heavy atom. The molecule has 21 heavy (non-hydrogen) atoms. The Labute approximate surface area is 128 Å². The van der Waals surface area contributed by atoms with E-state index in [2.05, 4.69) is 5.32 Å². The second kappa shape index (κ2) is 6.83. The molecule has 118 valence electrons. The number of rotatable bonds is 4. The van der Waals surface area contributed by atoms with Crippen LogP contribution < -0.4 is 5.32 Å². The van der Waals surface area contributed by atoms with Crippen LogP contribution >= 0.6 is 23.2 Å². The van der Waals surface area contributed by atoms with E-state index in [4.69, 9.17) is 23.2 Å². The summed E-state index contributed by atoms with van der Waals surface area (Å²) in [4.78, 5) is 10.7. The van der Waals surface area contributed by atoms with Crippen LogP contribution in [0.2, 0.25) is 10.0 Å². The van der Waals surface area contributed by atoms with Gasteiger partial charge in [-0.2, -0.15) is 13.2 Å². The van der Waals surface area contributed by atoms with Crippen molar-refractivity contribution in [2.24, 2.45) is 0 Å². The van der Waals surface area contributed by atoms with Crippen LogP contribution in [0.1, 0.15) is 24.2 Å². The number of benzene rings is 1. The zero-order chi connectivity index (χ0) is 16.4. The van der Waals surface area contributed by atoms with Gasteiger partial charge in [0.15, 0.2) is 0 Å². The first-order chi connectivity index (χ1) is 9.54. The highest BCUT2D eigenvalue weighted by Crippen LogP contribution is 2.38. The van der Waals surface area contributed by atoms with Crippen molar-refractivity contribution in [3.05, 3.63) is 33.3 Å². The van der Waals surface area contributed by atoms with Gasteiger partial charge in [-0.05, 0) is 12.1 Å². The van der Waals surface area contributed by atoms with E-state index in [-0.39, 0.29) is 12.1 Å². The molecule has 9 heteroatoms. The number of carbonyl (C=O) groups is 1. The third-order valence-electron chi connectivity index (χ3n) is 2.63. The summed E-state index contributed by atoms with van der Waals surface area (Å²) in [5, 5.41) is 21.0. The Hall–Kier alpha value is -1.02. The minimum absolute atomic E-state index is 0.232. The SMILES string of the molecule is CC(=O)NCC(O)C(O)c1c(Cl)cc(C(F)(F)F)cc1Cl. The molecule has 4 nitrogen and oxygen atoms in total. The van der Waals surface area contributed by atoms with Crippen LogP contribution in [0.15, 0.2) is 12.1 Å². The number of aliphatic hydroxyl groups excluding tert-OH is 2. The van der Waals surface area contributed by atoms with Gasteiger partial charge in [0.25, 0.3) is 0 Å². The van der Waals surface area contributed by atoms with Gasteiger partial charge in [-0.1, -0.05) is 23.2 Å². The second-order valence-electron chi connectivity index (χ2n) is 4.30. The summed E-state index contributed by atoms with van der Waals surface area (Å²) in [6.45, 7) is 0.904. The highest BCUT2D eigenvalue weighted by atomic mass is 35.5. The second-order valence-corrected chi connectivity index (χ2v) is 5.11. The number of carbonyl (C=O) groups excluding carboxylic acids is 1. The monoisotopic (exact) mass is 345 g/mol. The lowest BCUT2D eigenvalue weighted by molar-refractivity contribution is -0.137. The fourth-order valence-electron chi connectivity index (χ4n) is 1.58. The first-order valence-electron chi connectivity index (χ1n) is 5.70. The molecule has 1 aromatic rings. The maximum Gasteiger partial charge on any atom is 0.416 e. The average molecular weight is 346 g/mol. The Bertz CT molecular complexity index is 514. The van der Waals surface area contributed by atoms with Gasteiger partial charge in [0.2, 0.25) is 5.91 Å². The third-order valence-corrected chi connectivity index (χ3v) is 3.25. The first kappa shape index (κ1) is 18.0. The summed E-state index contributed by atoms with van der Waals surface area (Å²) in [5.41, 5.74) is -1.30. The van der Waals surface area contributed by atoms with Gasteiger partial charge in [-0.15, -0.1) is 0 Å². The molecule has 1 aromatic carbocycles. The van der Waals surface area contributed by atoms with Crippen molar-refractivity contribution in [3.63, 3.8) is 0 Å². The Kier molecular flexibility index (Phi) is 5.86. The van der Waals surface area contributed by atoms with Crippen LogP contribution in [0.25, 0.3) is 0 Å². The maximum absolute atomic E-state index is 12.6. The zero-order valence-electron chi connectivity index (χ0n) is 10.7. The molecule has 0 heterocycles. The molecule has 0 fully saturated rings. The lowest BCUT2D eigenvalue weighted by Gasteiger charge is -2.21. The lowest BCUT2D eigenvalue weighted by atomic mass is 10.0. The lowest BCUT2D eigenvalue weighted by Crippen LogP contribution is -2.34. The van der Waals surface area contributed by atoms with Crippen molar-refractivity contribution in [1.82, 2.24) is 5.32 Å². The predicted octanol–water partition coefficient (Wildman–Crippen LogP) is 2.54. The quantitative estimate of drug-likeness (QED) is 0.785. The average Bonchev–Trinajstić information content (AvgIpc) is 2.33. The molecule has 2 atom stereocenters. The molecule has 0 bridgehead atoms. The van der Waals surface area contributed by atoms with Gasteiger partial charge in [0.1, 0.15) is 12.2 Å². The van der Waals surface area contributed by atoms with Gasteiger partial charge in [-0.25, -0.2) is 0 Å². The molecule has 0 saturated heterocycles. The molecule has 0 aliphatic heterocycles. The van der Waals surface area contributed by atoms with Crippen molar-refractivity contribution in [2.45, 2.75) is 25.3 Å². The van der Waals surface area contributed by atoms with Gasteiger partial charge in [0.05, 0.1) is 5.56 Å². The smallest absolute Gasteiger partial charge is 0.388 e. The molecule has 1 amide bonds. The van der Waals surface area contributed by atoms with Crippen molar-refractivity contribution in [2.75, 3.05) is 6.54 Å². The van der Waals surface area contributed by atoms with Crippen molar-refractivity contribution >= 4 is 29.1 Å². The largest absolute Gasteiger partial charge is 0.416 e. The fraction of sp³-hybridized carbons (Fsp3) is 0.417. The topological polar surface area (TPSA) is 69.6 Å². The van der Waals surface area contributed by atoms with E-state index in [1.807, 2.05) is 0 Å². The van der Waals surface area contributed by atoms with Gasteiger partial charge < -0.3 is 15.5 Å². The van der Waals surface area contributed by atoms with E-state index < -0.39 is 39.9 Å².